The lowest BCUT2D eigenvalue weighted by Crippen LogP contribution is -2.23. The molecule has 0 radical (unpaired) electrons. The van der Waals surface area contributed by atoms with Crippen molar-refractivity contribution < 1.29 is 9.47 Å². The fraction of sp³-hybridized carbons (Fsp3) is 0.312. The van der Waals surface area contributed by atoms with E-state index in [1.165, 1.54) is 6.07 Å². The van der Waals surface area contributed by atoms with E-state index in [0.29, 0.717) is 36.9 Å². The van der Waals surface area contributed by atoms with Crippen LogP contribution in [-0.4, -0.2) is 17.8 Å². The average Bonchev–Trinajstić information content (AvgIpc) is 2.46. The second-order valence-corrected chi connectivity index (χ2v) is 4.67. The van der Waals surface area contributed by atoms with Crippen LogP contribution in [0.3, 0.4) is 0 Å². The molecule has 2 rings (SSSR count). The molecule has 0 fully saturated rings. The predicted octanol–water partition coefficient (Wildman–Crippen LogP) is 2.22. The Morgan fingerprint density at radius 1 is 1.19 bits per heavy atom. The van der Waals surface area contributed by atoms with Crippen LogP contribution in [0.2, 0.25) is 0 Å². The summed E-state index contributed by atoms with van der Waals surface area (Å²) in [5.41, 5.74) is 7.13. The first-order valence-corrected chi connectivity index (χ1v) is 6.93. The van der Waals surface area contributed by atoms with Crippen molar-refractivity contribution in [2.24, 2.45) is 0 Å². The molecule has 1 heterocycles. The van der Waals surface area contributed by atoms with Crippen molar-refractivity contribution in [2.45, 2.75) is 20.4 Å². The number of aromatic nitrogens is 1. The number of rotatable bonds is 6. The SMILES string of the molecule is CCOc1ccccc1OCCn1cc(N)c(C)cc1=O. The number of pyridine rings is 1. The summed E-state index contributed by atoms with van der Waals surface area (Å²) in [4.78, 5) is 11.8. The molecule has 0 spiro atoms. The van der Waals surface area contributed by atoms with Crippen LogP contribution < -0.4 is 20.8 Å². The highest BCUT2D eigenvalue weighted by molar-refractivity contribution is 5.43. The average molecular weight is 288 g/mol. The largest absolute Gasteiger partial charge is 0.490 e. The van der Waals surface area contributed by atoms with E-state index in [2.05, 4.69) is 0 Å². The predicted molar refractivity (Wildman–Crippen MR) is 83.0 cm³/mol. The first kappa shape index (κ1) is 15.0. The normalized spacial score (nSPS) is 10.4. The maximum absolute atomic E-state index is 11.8. The van der Waals surface area contributed by atoms with Gasteiger partial charge in [-0.2, -0.15) is 0 Å². The Balaban J connectivity index is 2.02. The molecule has 112 valence electrons. The van der Waals surface area contributed by atoms with E-state index in [9.17, 15) is 4.79 Å². The third kappa shape index (κ3) is 3.78. The van der Waals surface area contributed by atoms with Gasteiger partial charge in [0.2, 0.25) is 0 Å². The number of hydrogen-bond donors (Lipinski definition) is 1. The minimum absolute atomic E-state index is 0.0802. The summed E-state index contributed by atoms with van der Waals surface area (Å²) in [6.45, 7) is 5.12. The van der Waals surface area contributed by atoms with Crippen LogP contribution in [-0.2, 0) is 6.54 Å². The van der Waals surface area contributed by atoms with Crippen LogP contribution in [0.5, 0.6) is 11.5 Å². The smallest absolute Gasteiger partial charge is 0.251 e. The molecule has 0 atom stereocenters. The molecular weight excluding hydrogens is 268 g/mol. The molecule has 1 aromatic carbocycles. The van der Waals surface area contributed by atoms with Crippen LogP contribution in [0, 0.1) is 6.92 Å². The van der Waals surface area contributed by atoms with Gasteiger partial charge in [0.25, 0.3) is 5.56 Å². The third-order valence-electron chi connectivity index (χ3n) is 3.11. The lowest BCUT2D eigenvalue weighted by Gasteiger charge is -2.13. The van der Waals surface area contributed by atoms with Crippen LogP contribution in [0.4, 0.5) is 5.69 Å². The lowest BCUT2D eigenvalue weighted by molar-refractivity contribution is 0.265. The van der Waals surface area contributed by atoms with E-state index in [0.717, 1.165) is 5.56 Å². The van der Waals surface area contributed by atoms with Crippen molar-refractivity contribution in [2.75, 3.05) is 18.9 Å². The summed E-state index contributed by atoms with van der Waals surface area (Å²) in [5.74, 6) is 1.38. The minimum atomic E-state index is -0.0802. The lowest BCUT2D eigenvalue weighted by atomic mass is 10.2. The fourth-order valence-corrected chi connectivity index (χ4v) is 1.96. The second kappa shape index (κ2) is 6.83. The molecule has 0 amide bonds. The van der Waals surface area contributed by atoms with Crippen molar-refractivity contribution in [1.29, 1.82) is 0 Å². The van der Waals surface area contributed by atoms with Gasteiger partial charge in [0.1, 0.15) is 6.61 Å². The molecule has 0 aliphatic carbocycles. The molecular formula is C16H20N2O3. The number of aryl methyl sites for hydroxylation is 1. The van der Waals surface area contributed by atoms with Gasteiger partial charge in [0.15, 0.2) is 11.5 Å². The van der Waals surface area contributed by atoms with Crippen LogP contribution in [0.25, 0.3) is 0 Å². The number of anilines is 1. The Morgan fingerprint density at radius 2 is 1.86 bits per heavy atom. The molecule has 0 bridgehead atoms. The van der Waals surface area contributed by atoms with Crippen LogP contribution >= 0.6 is 0 Å². The highest BCUT2D eigenvalue weighted by Gasteiger charge is 2.04. The molecule has 0 unspecified atom stereocenters. The van der Waals surface area contributed by atoms with Gasteiger partial charge in [-0.25, -0.2) is 0 Å². The van der Waals surface area contributed by atoms with Crippen molar-refractivity contribution in [3.63, 3.8) is 0 Å². The monoisotopic (exact) mass is 288 g/mol. The third-order valence-corrected chi connectivity index (χ3v) is 3.11. The van der Waals surface area contributed by atoms with E-state index >= 15 is 0 Å². The summed E-state index contributed by atoms with van der Waals surface area (Å²) < 4.78 is 12.7. The topological polar surface area (TPSA) is 66.5 Å². The van der Waals surface area contributed by atoms with Crippen molar-refractivity contribution in [1.82, 2.24) is 4.57 Å². The molecule has 0 saturated carbocycles. The molecule has 0 aliphatic rings. The molecule has 5 heteroatoms. The van der Waals surface area contributed by atoms with Gasteiger partial charge in [0.05, 0.1) is 18.8 Å². The molecule has 0 aliphatic heterocycles. The van der Waals surface area contributed by atoms with Crippen LogP contribution in [0.15, 0.2) is 41.3 Å². The van der Waals surface area contributed by atoms with Crippen molar-refractivity contribution in [3.05, 3.63) is 52.4 Å². The maximum Gasteiger partial charge on any atom is 0.251 e. The standard InChI is InChI=1S/C16H20N2O3/c1-3-20-14-6-4-5-7-15(14)21-9-8-18-11-13(17)12(2)10-16(18)19/h4-7,10-11H,3,8-9,17H2,1-2H3. The van der Waals surface area contributed by atoms with E-state index in [1.807, 2.05) is 38.1 Å². The Bertz CT molecular complexity index is 665. The number of hydrogen-bond acceptors (Lipinski definition) is 4. The van der Waals surface area contributed by atoms with Gasteiger partial charge in [-0.15, -0.1) is 0 Å². The van der Waals surface area contributed by atoms with E-state index < -0.39 is 0 Å². The van der Waals surface area contributed by atoms with Crippen molar-refractivity contribution in [3.8, 4) is 11.5 Å². The Kier molecular flexibility index (Phi) is 4.87. The summed E-state index contributed by atoms with van der Waals surface area (Å²) in [7, 11) is 0. The minimum Gasteiger partial charge on any atom is -0.490 e. The van der Waals surface area contributed by atoms with Gasteiger partial charge >= 0.3 is 0 Å². The van der Waals surface area contributed by atoms with Gasteiger partial charge < -0.3 is 19.8 Å². The summed E-state index contributed by atoms with van der Waals surface area (Å²) in [6, 6.07) is 9.01. The van der Waals surface area contributed by atoms with Gasteiger partial charge in [-0.1, -0.05) is 12.1 Å². The summed E-state index contributed by atoms with van der Waals surface area (Å²) in [5, 5.41) is 0. The van der Waals surface area contributed by atoms with Crippen LogP contribution in [0.1, 0.15) is 12.5 Å². The number of nitrogen functional groups attached to an aromatic ring is 1. The number of ether oxygens (including phenoxy) is 2. The first-order chi connectivity index (χ1) is 10.1. The Hall–Kier alpha value is -2.43. The highest BCUT2D eigenvalue weighted by atomic mass is 16.5. The Labute approximate surface area is 123 Å². The molecule has 1 aromatic heterocycles. The number of nitrogens with zero attached hydrogens (tertiary/aromatic N) is 1. The fourth-order valence-electron chi connectivity index (χ4n) is 1.96. The molecule has 5 nitrogen and oxygen atoms in total. The molecule has 21 heavy (non-hydrogen) atoms. The highest BCUT2D eigenvalue weighted by Crippen LogP contribution is 2.26. The van der Waals surface area contributed by atoms with Gasteiger partial charge in [-0.3, -0.25) is 4.79 Å². The zero-order chi connectivity index (χ0) is 15.2. The van der Waals surface area contributed by atoms with Gasteiger partial charge in [-0.05, 0) is 31.5 Å². The second-order valence-electron chi connectivity index (χ2n) is 4.67. The Morgan fingerprint density at radius 3 is 2.52 bits per heavy atom. The van der Waals surface area contributed by atoms with Crippen molar-refractivity contribution >= 4 is 5.69 Å². The maximum atomic E-state index is 11.8. The zero-order valence-electron chi connectivity index (χ0n) is 12.3. The van der Waals surface area contributed by atoms with E-state index in [-0.39, 0.29) is 5.56 Å². The quantitative estimate of drug-likeness (QED) is 0.885. The zero-order valence-corrected chi connectivity index (χ0v) is 12.3. The van der Waals surface area contributed by atoms with E-state index in [4.69, 9.17) is 15.2 Å². The van der Waals surface area contributed by atoms with E-state index in [1.54, 1.807) is 10.8 Å². The number of para-hydroxylation sites is 2. The number of benzene rings is 1. The molecule has 2 aromatic rings. The number of nitrogens with two attached hydrogens (primary N) is 1. The first-order valence-electron chi connectivity index (χ1n) is 6.93. The van der Waals surface area contributed by atoms with Gasteiger partial charge in [0, 0.05) is 12.3 Å². The molecule has 0 saturated heterocycles. The molecule has 2 N–H and O–H groups in total. The summed E-state index contributed by atoms with van der Waals surface area (Å²) in [6.07, 6.45) is 1.65. The summed E-state index contributed by atoms with van der Waals surface area (Å²) >= 11 is 0.